The molecule has 0 aliphatic heterocycles. The molecule has 1 aliphatic rings. The van der Waals surface area contributed by atoms with E-state index < -0.39 is 0 Å². The van der Waals surface area contributed by atoms with Crippen LogP contribution >= 0.6 is 22.6 Å². The Kier molecular flexibility index (Phi) is 6.97. The van der Waals surface area contributed by atoms with Crippen LogP contribution in [0.3, 0.4) is 0 Å². The lowest BCUT2D eigenvalue weighted by Gasteiger charge is -2.20. The largest absolute Gasteiger partial charge is 0.290 e. The van der Waals surface area contributed by atoms with Gasteiger partial charge in [-0.2, -0.15) is 0 Å². The normalized spacial score (nSPS) is 16.0. The number of carbonyl (C=O) groups excluding carboxylic acids is 1. The minimum Gasteiger partial charge on any atom is -0.290 e. The van der Waals surface area contributed by atoms with Crippen LogP contribution in [0.1, 0.15) is 43.0 Å². The number of rotatable bonds is 7. The Morgan fingerprint density at radius 3 is 2.64 bits per heavy atom. The van der Waals surface area contributed by atoms with Gasteiger partial charge in [-0.3, -0.25) is 4.79 Å². The van der Waals surface area contributed by atoms with Crippen LogP contribution in [0.2, 0.25) is 0 Å². The van der Waals surface area contributed by atoms with Crippen molar-refractivity contribution in [1.29, 1.82) is 0 Å². The first-order chi connectivity index (χ1) is 10.7. The molecule has 1 aromatic carbocycles. The van der Waals surface area contributed by atoms with Gasteiger partial charge in [0.1, 0.15) is 0 Å². The molecular weight excluding hydrogens is 383 g/mol. The molecule has 1 aliphatic carbocycles. The fraction of sp³-hybridized carbons (Fsp3) is 0.300. The molecule has 0 heterocycles. The SMILES string of the molecule is C/C(CCCCCI)=C1\C=C(C(=O)c2ccccc2)C=C[CH-]1. The van der Waals surface area contributed by atoms with Crippen LogP contribution in [0.4, 0.5) is 0 Å². The number of Topliss-reactive ketones (excluding diaryl/α,β-unsaturated/α-hetero) is 1. The number of benzene rings is 1. The molecule has 0 saturated carbocycles. The van der Waals surface area contributed by atoms with E-state index in [1.165, 1.54) is 34.8 Å². The first-order valence-corrected chi connectivity index (χ1v) is 9.33. The highest BCUT2D eigenvalue weighted by Gasteiger charge is 2.08. The van der Waals surface area contributed by atoms with Crippen LogP contribution in [0.25, 0.3) is 0 Å². The summed E-state index contributed by atoms with van der Waals surface area (Å²) in [4.78, 5) is 12.5. The molecule has 0 radical (unpaired) electrons. The maximum atomic E-state index is 12.5. The van der Waals surface area contributed by atoms with E-state index in [2.05, 4.69) is 35.9 Å². The summed E-state index contributed by atoms with van der Waals surface area (Å²) in [5.74, 6) is 0.0974. The summed E-state index contributed by atoms with van der Waals surface area (Å²) in [6, 6.07) is 9.48. The standard InChI is InChI=1S/C20H22IO/c1-16(9-4-3-7-14-21)18-12-8-13-19(15-18)20(22)17-10-5-2-6-11-17/h2,5-6,8,10-13,15H,3-4,7,9,14H2,1H3/q-1/b18-16+. The molecule has 0 spiro atoms. The molecule has 0 saturated heterocycles. The Labute approximate surface area is 147 Å². The third-order valence-corrected chi connectivity index (χ3v) is 4.60. The summed E-state index contributed by atoms with van der Waals surface area (Å²) >= 11 is 2.43. The molecule has 1 aromatic rings. The van der Waals surface area contributed by atoms with Gasteiger partial charge in [-0.1, -0.05) is 84.7 Å². The Bertz CT molecular complexity index is 593. The molecule has 0 atom stereocenters. The van der Waals surface area contributed by atoms with Gasteiger partial charge in [0.25, 0.3) is 0 Å². The van der Waals surface area contributed by atoms with Crippen LogP contribution in [0, 0.1) is 6.42 Å². The van der Waals surface area contributed by atoms with E-state index in [1.807, 2.05) is 48.6 Å². The van der Waals surface area contributed by atoms with E-state index in [1.54, 1.807) is 0 Å². The van der Waals surface area contributed by atoms with Gasteiger partial charge in [0.15, 0.2) is 5.78 Å². The minimum atomic E-state index is 0.0974. The van der Waals surface area contributed by atoms with Gasteiger partial charge < -0.3 is 0 Å². The summed E-state index contributed by atoms with van der Waals surface area (Å²) in [5.41, 5.74) is 4.09. The topological polar surface area (TPSA) is 17.1 Å². The molecule has 0 bridgehead atoms. The summed E-state index contributed by atoms with van der Waals surface area (Å²) < 4.78 is 1.23. The third-order valence-electron chi connectivity index (χ3n) is 3.84. The number of allylic oxidation sites excluding steroid dienone is 6. The Morgan fingerprint density at radius 1 is 1.14 bits per heavy atom. The lowest BCUT2D eigenvalue weighted by molar-refractivity contribution is 0.103. The van der Waals surface area contributed by atoms with Gasteiger partial charge in [0.05, 0.1) is 0 Å². The van der Waals surface area contributed by atoms with Crippen LogP contribution < -0.4 is 0 Å². The minimum absolute atomic E-state index is 0.0974. The molecule has 2 heteroatoms. The Morgan fingerprint density at radius 2 is 1.91 bits per heavy atom. The monoisotopic (exact) mass is 405 g/mol. The van der Waals surface area contributed by atoms with E-state index in [0.29, 0.717) is 0 Å². The van der Waals surface area contributed by atoms with Crippen molar-refractivity contribution in [3.8, 4) is 0 Å². The van der Waals surface area contributed by atoms with Crippen LogP contribution in [-0.4, -0.2) is 10.2 Å². The highest BCUT2D eigenvalue weighted by atomic mass is 127. The average Bonchev–Trinajstić information content (AvgIpc) is 2.59. The maximum absolute atomic E-state index is 12.5. The van der Waals surface area contributed by atoms with Crippen LogP contribution in [-0.2, 0) is 0 Å². The van der Waals surface area contributed by atoms with Gasteiger partial charge in [0, 0.05) is 5.56 Å². The van der Waals surface area contributed by atoms with E-state index in [0.717, 1.165) is 17.6 Å². The van der Waals surface area contributed by atoms with Crippen molar-refractivity contribution in [3.63, 3.8) is 0 Å². The molecule has 1 nitrogen and oxygen atoms in total. The molecule has 2 rings (SSSR count). The number of ketones is 1. The smallest absolute Gasteiger partial charge is 0.174 e. The molecule has 0 aromatic heterocycles. The highest BCUT2D eigenvalue weighted by Crippen LogP contribution is 2.24. The van der Waals surface area contributed by atoms with Crippen LogP contribution in [0.5, 0.6) is 0 Å². The van der Waals surface area contributed by atoms with Crippen molar-refractivity contribution in [3.05, 3.63) is 77.3 Å². The predicted octanol–water partition coefficient (Wildman–Crippen LogP) is 5.88. The number of carbonyl (C=O) groups is 1. The number of unbranched alkanes of at least 4 members (excludes halogenated alkanes) is 2. The Balaban J connectivity index is 2.08. The van der Waals surface area contributed by atoms with Crippen LogP contribution in [0.15, 0.2) is 65.3 Å². The summed E-state index contributed by atoms with van der Waals surface area (Å²) in [6.07, 6.45) is 12.9. The highest BCUT2D eigenvalue weighted by molar-refractivity contribution is 14.1. The molecule has 0 N–H and O–H groups in total. The molecule has 0 unspecified atom stereocenters. The van der Waals surface area contributed by atoms with E-state index in [4.69, 9.17) is 0 Å². The van der Waals surface area contributed by atoms with Gasteiger partial charge in [-0.15, -0.1) is 35.8 Å². The van der Waals surface area contributed by atoms with Crippen molar-refractivity contribution < 1.29 is 4.79 Å². The lowest BCUT2D eigenvalue weighted by atomic mass is 9.92. The quantitative estimate of drug-likeness (QED) is 0.182. The second kappa shape index (κ2) is 8.99. The van der Waals surface area contributed by atoms with Gasteiger partial charge in [-0.25, -0.2) is 0 Å². The number of halogens is 1. The number of alkyl halides is 1. The van der Waals surface area contributed by atoms with E-state index in [9.17, 15) is 4.79 Å². The summed E-state index contributed by atoms with van der Waals surface area (Å²) in [7, 11) is 0. The zero-order chi connectivity index (χ0) is 15.8. The predicted molar refractivity (Wildman–Crippen MR) is 102 cm³/mol. The van der Waals surface area contributed by atoms with Gasteiger partial charge in [0.2, 0.25) is 0 Å². The third kappa shape index (κ3) is 4.87. The van der Waals surface area contributed by atoms with Gasteiger partial charge >= 0.3 is 0 Å². The number of hydrogen-bond acceptors (Lipinski definition) is 1. The Hall–Kier alpha value is -1.29. The van der Waals surface area contributed by atoms with E-state index in [-0.39, 0.29) is 5.78 Å². The number of hydrogen-bond donors (Lipinski definition) is 0. The van der Waals surface area contributed by atoms with Crippen molar-refractivity contribution in [2.45, 2.75) is 32.6 Å². The zero-order valence-corrected chi connectivity index (χ0v) is 15.2. The molecular formula is C20H22IO-. The molecule has 116 valence electrons. The van der Waals surface area contributed by atoms with Crippen molar-refractivity contribution in [2.24, 2.45) is 0 Å². The van der Waals surface area contributed by atoms with E-state index >= 15 is 0 Å². The molecule has 0 amide bonds. The van der Waals surface area contributed by atoms with Crippen molar-refractivity contribution in [2.75, 3.05) is 4.43 Å². The zero-order valence-electron chi connectivity index (χ0n) is 13.0. The fourth-order valence-corrected chi connectivity index (χ4v) is 3.03. The van der Waals surface area contributed by atoms with Crippen molar-refractivity contribution in [1.82, 2.24) is 0 Å². The maximum Gasteiger partial charge on any atom is 0.174 e. The summed E-state index contributed by atoms with van der Waals surface area (Å²) in [5, 5.41) is 0. The first kappa shape index (κ1) is 17.1. The van der Waals surface area contributed by atoms with Gasteiger partial charge in [-0.05, 0) is 10.8 Å². The average molecular weight is 405 g/mol. The van der Waals surface area contributed by atoms with Crippen molar-refractivity contribution >= 4 is 28.4 Å². The molecule has 0 fully saturated rings. The lowest BCUT2D eigenvalue weighted by Crippen LogP contribution is -2.05. The second-order valence-electron chi connectivity index (χ2n) is 5.56. The summed E-state index contributed by atoms with van der Waals surface area (Å²) in [6.45, 7) is 2.18. The molecule has 22 heavy (non-hydrogen) atoms. The second-order valence-corrected chi connectivity index (χ2v) is 6.63. The first-order valence-electron chi connectivity index (χ1n) is 7.81. The fourth-order valence-electron chi connectivity index (χ4n) is 2.49.